The molecule has 2 heterocycles. The molecule has 0 saturated carbocycles. The third-order valence-corrected chi connectivity index (χ3v) is 2.37. The quantitative estimate of drug-likeness (QED) is 0.621. The van der Waals surface area contributed by atoms with Crippen molar-refractivity contribution >= 4 is 17.1 Å². The van der Waals surface area contributed by atoms with Crippen molar-refractivity contribution in [3.05, 3.63) is 35.5 Å². The summed E-state index contributed by atoms with van der Waals surface area (Å²) in [6.07, 6.45) is 1.87. The Morgan fingerprint density at radius 2 is 2.15 bits per heavy atom. The molecule has 0 saturated heterocycles. The van der Waals surface area contributed by atoms with Crippen molar-refractivity contribution in [3.63, 3.8) is 0 Å². The Kier molecular flexibility index (Phi) is 1.22. The average molecular weight is 171 g/mol. The smallest absolute Gasteiger partial charge is 0.0737 e. The minimum atomic E-state index is 0.792. The molecule has 0 unspecified atom stereocenters. The molecule has 0 amide bonds. The van der Waals surface area contributed by atoms with Gasteiger partial charge >= 0.3 is 0 Å². The van der Waals surface area contributed by atoms with Gasteiger partial charge in [-0.05, 0) is 6.07 Å². The van der Waals surface area contributed by atoms with Crippen molar-refractivity contribution < 1.29 is 0 Å². The molecule has 0 fully saturated rings. The lowest BCUT2D eigenvalue weighted by Gasteiger charge is -2.05. The third kappa shape index (κ3) is 0.869. The first-order valence-electron chi connectivity index (χ1n) is 4.30. The van der Waals surface area contributed by atoms with Gasteiger partial charge < -0.3 is 10.4 Å². The lowest BCUT2D eigenvalue weighted by atomic mass is 10.1. The van der Waals surface area contributed by atoms with Crippen LogP contribution in [0.25, 0.3) is 10.9 Å². The summed E-state index contributed by atoms with van der Waals surface area (Å²) in [6.45, 7) is 0.792. The number of nitrogens with zero attached hydrogens (tertiary/aromatic N) is 1. The van der Waals surface area contributed by atoms with Crippen molar-refractivity contribution in [1.82, 2.24) is 10.4 Å². The van der Waals surface area contributed by atoms with E-state index in [2.05, 4.69) is 27.6 Å². The van der Waals surface area contributed by atoms with Gasteiger partial charge in [0.2, 0.25) is 0 Å². The molecule has 13 heavy (non-hydrogen) atoms. The fraction of sp³-hybridized carbons (Fsp3) is 0.100. The number of hydrazone groups is 1. The number of aromatic amines is 1. The molecule has 1 aromatic carbocycles. The van der Waals surface area contributed by atoms with E-state index >= 15 is 0 Å². The van der Waals surface area contributed by atoms with Crippen molar-refractivity contribution in [2.75, 3.05) is 0 Å². The van der Waals surface area contributed by atoms with Gasteiger partial charge in [-0.2, -0.15) is 5.10 Å². The number of nitrogens with one attached hydrogen (secondary N) is 2. The van der Waals surface area contributed by atoms with Gasteiger partial charge in [-0.15, -0.1) is 0 Å². The first-order chi connectivity index (χ1) is 6.45. The van der Waals surface area contributed by atoms with Crippen molar-refractivity contribution in [1.29, 1.82) is 0 Å². The Labute approximate surface area is 75.5 Å². The molecule has 0 radical (unpaired) electrons. The van der Waals surface area contributed by atoms with Crippen LogP contribution in [0.4, 0.5) is 0 Å². The van der Waals surface area contributed by atoms with Gasteiger partial charge in [-0.1, -0.05) is 18.2 Å². The molecule has 2 aromatic rings. The summed E-state index contributed by atoms with van der Waals surface area (Å²) in [5.74, 6) is 0. The minimum absolute atomic E-state index is 0.792. The molecule has 1 aromatic heterocycles. The van der Waals surface area contributed by atoms with Gasteiger partial charge in [-0.25, -0.2) is 0 Å². The van der Waals surface area contributed by atoms with E-state index in [1.54, 1.807) is 0 Å². The maximum Gasteiger partial charge on any atom is 0.0737 e. The fourth-order valence-electron chi connectivity index (χ4n) is 1.74. The number of fused-ring (bicyclic) bond motifs is 3. The van der Waals surface area contributed by atoms with Crippen LogP contribution in [-0.4, -0.2) is 11.2 Å². The lowest BCUT2D eigenvalue weighted by Crippen LogP contribution is -2.12. The van der Waals surface area contributed by atoms with Crippen LogP contribution in [0.1, 0.15) is 11.3 Å². The lowest BCUT2D eigenvalue weighted by molar-refractivity contribution is 0.722. The van der Waals surface area contributed by atoms with E-state index < -0.39 is 0 Å². The summed E-state index contributed by atoms with van der Waals surface area (Å²) >= 11 is 0. The largest absolute Gasteiger partial charge is 0.356 e. The van der Waals surface area contributed by atoms with Gasteiger partial charge in [0, 0.05) is 22.2 Å². The van der Waals surface area contributed by atoms with E-state index in [9.17, 15) is 0 Å². The summed E-state index contributed by atoms with van der Waals surface area (Å²) in [5.41, 5.74) is 6.56. The predicted molar refractivity (Wildman–Crippen MR) is 52.7 cm³/mol. The minimum Gasteiger partial charge on any atom is -0.356 e. The molecule has 64 valence electrons. The summed E-state index contributed by atoms with van der Waals surface area (Å²) in [6, 6.07) is 8.28. The Bertz CT molecular complexity index is 482. The highest BCUT2D eigenvalue weighted by Gasteiger charge is 2.10. The van der Waals surface area contributed by atoms with Gasteiger partial charge in [0.1, 0.15) is 0 Å². The normalized spacial score (nSPS) is 14.2. The van der Waals surface area contributed by atoms with Crippen molar-refractivity contribution in [2.45, 2.75) is 6.54 Å². The molecule has 2 N–H and O–H groups in total. The SMILES string of the molecule is C1=NNCc2[nH]c3ccccc3c21. The van der Waals surface area contributed by atoms with Crippen LogP contribution in [0.3, 0.4) is 0 Å². The second-order valence-corrected chi connectivity index (χ2v) is 3.16. The number of hydrogen-bond acceptors (Lipinski definition) is 2. The second kappa shape index (κ2) is 2.36. The van der Waals surface area contributed by atoms with E-state index in [0.29, 0.717) is 0 Å². The molecular weight excluding hydrogens is 162 g/mol. The molecule has 0 spiro atoms. The van der Waals surface area contributed by atoms with Crippen molar-refractivity contribution in [3.8, 4) is 0 Å². The molecule has 3 rings (SSSR count). The Morgan fingerprint density at radius 1 is 1.23 bits per heavy atom. The predicted octanol–water partition coefficient (Wildman–Crippen LogP) is 1.60. The molecule has 3 nitrogen and oxygen atoms in total. The van der Waals surface area contributed by atoms with Gasteiger partial charge in [0.25, 0.3) is 0 Å². The standard InChI is InChI=1S/C10H9N3/c1-2-4-9-7(3-1)8-5-11-12-6-10(8)13-9/h1-5,12-13H,6H2. The number of hydrogen-bond donors (Lipinski definition) is 2. The van der Waals surface area contributed by atoms with E-state index in [4.69, 9.17) is 0 Å². The molecule has 0 bridgehead atoms. The number of benzene rings is 1. The molecule has 0 atom stereocenters. The van der Waals surface area contributed by atoms with Crippen LogP contribution in [0.15, 0.2) is 29.4 Å². The van der Waals surface area contributed by atoms with Crippen LogP contribution in [0.5, 0.6) is 0 Å². The zero-order valence-corrected chi connectivity index (χ0v) is 7.04. The molecule has 3 heteroatoms. The third-order valence-electron chi connectivity index (χ3n) is 2.37. The van der Waals surface area contributed by atoms with Crippen LogP contribution >= 0.6 is 0 Å². The molecule has 0 aliphatic carbocycles. The number of H-pyrrole nitrogens is 1. The summed E-state index contributed by atoms with van der Waals surface area (Å²) in [4.78, 5) is 3.36. The maximum absolute atomic E-state index is 4.05. The summed E-state index contributed by atoms with van der Waals surface area (Å²) in [7, 11) is 0. The number of para-hydroxylation sites is 1. The topological polar surface area (TPSA) is 40.2 Å². The van der Waals surface area contributed by atoms with E-state index in [1.165, 1.54) is 22.2 Å². The summed E-state index contributed by atoms with van der Waals surface area (Å²) < 4.78 is 0. The fourth-order valence-corrected chi connectivity index (χ4v) is 1.74. The van der Waals surface area contributed by atoms with E-state index in [0.717, 1.165) is 6.54 Å². The zero-order valence-electron chi connectivity index (χ0n) is 7.04. The maximum atomic E-state index is 4.05. The highest BCUT2D eigenvalue weighted by molar-refractivity contribution is 6.01. The van der Waals surface area contributed by atoms with Crippen LogP contribution in [0, 0.1) is 0 Å². The molecule has 1 aliphatic rings. The highest BCUT2D eigenvalue weighted by atomic mass is 15.3. The van der Waals surface area contributed by atoms with Crippen molar-refractivity contribution in [2.24, 2.45) is 5.10 Å². The Morgan fingerprint density at radius 3 is 3.15 bits per heavy atom. The van der Waals surface area contributed by atoms with Crippen LogP contribution in [0.2, 0.25) is 0 Å². The molecular formula is C10H9N3. The van der Waals surface area contributed by atoms with E-state index in [-0.39, 0.29) is 0 Å². The molecule has 1 aliphatic heterocycles. The van der Waals surface area contributed by atoms with E-state index in [1.807, 2.05) is 18.3 Å². The average Bonchev–Trinajstić information content (AvgIpc) is 2.56. The van der Waals surface area contributed by atoms with Gasteiger partial charge in [0.15, 0.2) is 0 Å². The Hall–Kier alpha value is -1.77. The Balaban J connectivity index is 2.42. The highest BCUT2D eigenvalue weighted by Crippen LogP contribution is 2.21. The number of aromatic nitrogens is 1. The zero-order chi connectivity index (χ0) is 8.67. The summed E-state index contributed by atoms with van der Waals surface area (Å²) in [5, 5.41) is 5.30. The number of rotatable bonds is 0. The second-order valence-electron chi connectivity index (χ2n) is 3.16. The first kappa shape index (κ1) is 6.71. The first-order valence-corrected chi connectivity index (χ1v) is 4.30. The van der Waals surface area contributed by atoms with Gasteiger partial charge in [0.05, 0.1) is 12.8 Å². The van der Waals surface area contributed by atoms with Crippen LogP contribution < -0.4 is 5.43 Å². The van der Waals surface area contributed by atoms with Gasteiger partial charge in [-0.3, -0.25) is 0 Å². The monoisotopic (exact) mass is 171 g/mol. The van der Waals surface area contributed by atoms with Crippen LogP contribution in [-0.2, 0) is 6.54 Å².